The van der Waals surface area contributed by atoms with Gasteiger partial charge < -0.3 is 11.1 Å². The Morgan fingerprint density at radius 2 is 1.85 bits per heavy atom. The molecular formula is C17H20N2O. The van der Waals surface area contributed by atoms with Gasteiger partial charge in [-0.25, -0.2) is 0 Å². The molecule has 0 aliphatic rings. The quantitative estimate of drug-likeness (QED) is 0.895. The molecule has 0 bridgehead atoms. The van der Waals surface area contributed by atoms with Crippen LogP contribution in [-0.4, -0.2) is 12.5 Å². The molecule has 0 fully saturated rings. The Hall–Kier alpha value is -2.13. The van der Waals surface area contributed by atoms with E-state index in [1.807, 2.05) is 49.4 Å². The number of nitrogens with two attached hydrogens (primary N) is 1. The summed E-state index contributed by atoms with van der Waals surface area (Å²) in [6.45, 7) is 4.62. The van der Waals surface area contributed by atoms with Crippen LogP contribution in [0.25, 0.3) is 0 Å². The van der Waals surface area contributed by atoms with E-state index in [-0.39, 0.29) is 5.91 Å². The monoisotopic (exact) mass is 268 g/mol. The second-order valence-corrected chi connectivity index (χ2v) is 4.95. The summed E-state index contributed by atoms with van der Waals surface area (Å²) in [6, 6.07) is 13.5. The predicted octanol–water partition coefficient (Wildman–Crippen LogP) is 3.06. The van der Waals surface area contributed by atoms with Gasteiger partial charge in [0.05, 0.1) is 0 Å². The molecule has 0 atom stereocenters. The normalized spacial score (nSPS) is 10.3. The number of carbonyl (C=O) groups is 1. The van der Waals surface area contributed by atoms with Crippen molar-refractivity contribution < 1.29 is 4.79 Å². The lowest BCUT2D eigenvalue weighted by Gasteiger charge is -2.10. The van der Waals surface area contributed by atoms with E-state index < -0.39 is 0 Å². The molecule has 3 N–H and O–H groups in total. The molecule has 0 radical (unpaired) electrons. The van der Waals surface area contributed by atoms with Crippen molar-refractivity contribution in [1.82, 2.24) is 0 Å². The maximum absolute atomic E-state index is 12.4. The van der Waals surface area contributed by atoms with Crippen molar-refractivity contribution in [2.24, 2.45) is 5.73 Å². The number of aryl methyl sites for hydroxylation is 2. The summed E-state index contributed by atoms with van der Waals surface area (Å²) in [5.74, 6) is -0.0858. The van der Waals surface area contributed by atoms with Gasteiger partial charge in [-0.2, -0.15) is 0 Å². The maximum Gasteiger partial charge on any atom is 0.255 e. The largest absolute Gasteiger partial charge is 0.330 e. The molecule has 20 heavy (non-hydrogen) atoms. The lowest BCUT2D eigenvalue weighted by Crippen LogP contribution is -2.16. The van der Waals surface area contributed by atoms with Crippen LogP contribution in [0.1, 0.15) is 27.0 Å². The number of carbonyl (C=O) groups excluding carboxylic acids is 1. The molecule has 0 unspecified atom stereocenters. The van der Waals surface area contributed by atoms with Gasteiger partial charge in [0.15, 0.2) is 0 Å². The number of anilines is 1. The minimum Gasteiger partial charge on any atom is -0.330 e. The Morgan fingerprint density at radius 1 is 1.10 bits per heavy atom. The first kappa shape index (κ1) is 14.3. The highest BCUT2D eigenvalue weighted by Gasteiger charge is 2.10. The molecule has 0 saturated carbocycles. The molecule has 0 heterocycles. The topological polar surface area (TPSA) is 55.1 Å². The average Bonchev–Trinajstić information content (AvgIpc) is 2.44. The summed E-state index contributed by atoms with van der Waals surface area (Å²) in [7, 11) is 0. The summed E-state index contributed by atoms with van der Waals surface area (Å²) in [4.78, 5) is 12.4. The Balaban J connectivity index is 2.21. The highest BCUT2D eigenvalue weighted by molar-refractivity contribution is 6.05. The predicted molar refractivity (Wildman–Crippen MR) is 83.1 cm³/mol. The third-order valence-corrected chi connectivity index (χ3v) is 3.44. The van der Waals surface area contributed by atoms with Crippen LogP contribution in [0, 0.1) is 13.8 Å². The summed E-state index contributed by atoms with van der Waals surface area (Å²) < 4.78 is 0. The van der Waals surface area contributed by atoms with Gasteiger partial charge in [-0.3, -0.25) is 4.79 Å². The van der Waals surface area contributed by atoms with E-state index in [1.54, 1.807) is 0 Å². The SMILES string of the molecule is Cc1ccc(NC(=O)c2ccccc2CCN)cc1C. The number of nitrogens with one attached hydrogen (secondary N) is 1. The maximum atomic E-state index is 12.4. The van der Waals surface area contributed by atoms with Gasteiger partial charge in [-0.05, 0) is 61.7 Å². The second-order valence-electron chi connectivity index (χ2n) is 4.95. The van der Waals surface area contributed by atoms with Crippen LogP contribution >= 0.6 is 0 Å². The van der Waals surface area contributed by atoms with Gasteiger partial charge in [0, 0.05) is 11.3 Å². The number of hydrogen-bond donors (Lipinski definition) is 2. The van der Waals surface area contributed by atoms with Crippen molar-refractivity contribution in [3.8, 4) is 0 Å². The third-order valence-electron chi connectivity index (χ3n) is 3.44. The van der Waals surface area contributed by atoms with Crippen molar-refractivity contribution >= 4 is 11.6 Å². The Labute approximate surface area is 119 Å². The Kier molecular flexibility index (Phi) is 4.53. The fourth-order valence-corrected chi connectivity index (χ4v) is 2.13. The number of rotatable bonds is 4. The summed E-state index contributed by atoms with van der Waals surface area (Å²) in [6.07, 6.45) is 0.705. The lowest BCUT2D eigenvalue weighted by atomic mass is 10.0. The van der Waals surface area contributed by atoms with Crippen molar-refractivity contribution in [3.05, 3.63) is 64.7 Å². The standard InChI is InChI=1S/C17H20N2O/c1-12-7-8-15(11-13(12)2)19-17(20)16-6-4-3-5-14(16)9-10-18/h3-8,11H,9-10,18H2,1-2H3,(H,19,20). The van der Waals surface area contributed by atoms with E-state index in [0.717, 1.165) is 16.8 Å². The summed E-state index contributed by atoms with van der Waals surface area (Å²) >= 11 is 0. The molecule has 3 heteroatoms. The molecule has 0 aliphatic heterocycles. The van der Waals surface area contributed by atoms with Crippen LogP contribution in [0.5, 0.6) is 0 Å². The molecule has 1 amide bonds. The lowest BCUT2D eigenvalue weighted by molar-refractivity contribution is 0.102. The molecule has 2 aromatic rings. The van der Waals surface area contributed by atoms with Gasteiger partial charge in [-0.1, -0.05) is 24.3 Å². The van der Waals surface area contributed by atoms with Crippen LogP contribution in [0.15, 0.2) is 42.5 Å². The Morgan fingerprint density at radius 3 is 2.55 bits per heavy atom. The third kappa shape index (κ3) is 3.25. The molecule has 2 aromatic carbocycles. The van der Waals surface area contributed by atoms with Gasteiger partial charge in [0.25, 0.3) is 5.91 Å². The smallest absolute Gasteiger partial charge is 0.255 e. The van der Waals surface area contributed by atoms with E-state index in [0.29, 0.717) is 18.5 Å². The zero-order chi connectivity index (χ0) is 14.5. The first-order valence-corrected chi connectivity index (χ1v) is 6.78. The average molecular weight is 268 g/mol. The van der Waals surface area contributed by atoms with Gasteiger partial charge in [0.2, 0.25) is 0 Å². The summed E-state index contributed by atoms with van der Waals surface area (Å²) in [5.41, 5.74) is 10.5. The number of hydrogen-bond acceptors (Lipinski definition) is 2. The van der Waals surface area contributed by atoms with Crippen LogP contribution < -0.4 is 11.1 Å². The van der Waals surface area contributed by atoms with Crippen LogP contribution in [0.2, 0.25) is 0 Å². The van der Waals surface area contributed by atoms with E-state index in [2.05, 4.69) is 12.2 Å². The Bertz CT molecular complexity index is 620. The number of benzene rings is 2. The van der Waals surface area contributed by atoms with Crippen molar-refractivity contribution in [3.63, 3.8) is 0 Å². The molecule has 104 valence electrons. The fraction of sp³-hybridized carbons (Fsp3) is 0.235. The van der Waals surface area contributed by atoms with Gasteiger partial charge in [0.1, 0.15) is 0 Å². The molecule has 2 rings (SSSR count). The van der Waals surface area contributed by atoms with Gasteiger partial charge in [-0.15, -0.1) is 0 Å². The molecule has 0 saturated heterocycles. The van der Waals surface area contributed by atoms with Gasteiger partial charge >= 0.3 is 0 Å². The number of amides is 1. The zero-order valence-electron chi connectivity index (χ0n) is 11.9. The minimum atomic E-state index is -0.0858. The zero-order valence-corrected chi connectivity index (χ0v) is 11.9. The van der Waals surface area contributed by atoms with Crippen molar-refractivity contribution in [2.75, 3.05) is 11.9 Å². The van der Waals surface area contributed by atoms with Crippen LogP contribution in [0.4, 0.5) is 5.69 Å². The molecule has 0 spiro atoms. The fourth-order valence-electron chi connectivity index (χ4n) is 2.13. The first-order chi connectivity index (χ1) is 9.61. The second kappa shape index (κ2) is 6.35. The highest BCUT2D eigenvalue weighted by atomic mass is 16.1. The summed E-state index contributed by atoms with van der Waals surface area (Å²) in [5, 5.41) is 2.95. The molecule has 0 aliphatic carbocycles. The van der Waals surface area contributed by atoms with Crippen LogP contribution in [-0.2, 0) is 6.42 Å². The molecular weight excluding hydrogens is 248 g/mol. The van der Waals surface area contributed by atoms with E-state index in [9.17, 15) is 4.79 Å². The van der Waals surface area contributed by atoms with E-state index in [1.165, 1.54) is 5.56 Å². The van der Waals surface area contributed by atoms with Crippen molar-refractivity contribution in [2.45, 2.75) is 20.3 Å². The minimum absolute atomic E-state index is 0.0858. The molecule has 3 nitrogen and oxygen atoms in total. The highest BCUT2D eigenvalue weighted by Crippen LogP contribution is 2.16. The first-order valence-electron chi connectivity index (χ1n) is 6.78. The van der Waals surface area contributed by atoms with Crippen LogP contribution in [0.3, 0.4) is 0 Å². The van der Waals surface area contributed by atoms with Crippen molar-refractivity contribution in [1.29, 1.82) is 0 Å². The van der Waals surface area contributed by atoms with E-state index in [4.69, 9.17) is 5.73 Å². The van der Waals surface area contributed by atoms with E-state index >= 15 is 0 Å². The molecule has 0 aromatic heterocycles.